The summed E-state index contributed by atoms with van der Waals surface area (Å²) in [6.45, 7) is 2.16. The molecule has 1 saturated heterocycles. The van der Waals surface area contributed by atoms with E-state index < -0.39 is 0 Å². The summed E-state index contributed by atoms with van der Waals surface area (Å²) < 4.78 is 5.28. The van der Waals surface area contributed by atoms with Crippen molar-refractivity contribution in [2.45, 2.75) is 25.3 Å². The predicted octanol–water partition coefficient (Wildman–Crippen LogP) is 3.08. The second-order valence-electron chi connectivity index (χ2n) is 8.07. The van der Waals surface area contributed by atoms with Crippen molar-refractivity contribution >= 4 is 11.6 Å². The fourth-order valence-corrected chi connectivity index (χ4v) is 4.34. The maximum Gasteiger partial charge on any atom is 0.257 e. The average Bonchev–Trinajstić information content (AvgIpc) is 3.25. The highest BCUT2D eigenvalue weighted by Crippen LogP contribution is 2.34. The normalized spacial score (nSPS) is 22.1. The molecule has 2 unspecified atom stereocenters. The monoisotopic (exact) mass is 407 g/mol. The van der Waals surface area contributed by atoms with Gasteiger partial charge in [-0.05, 0) is 48.6 Å². The minimum absolute atomic E-state index is 0.000314. The highest BCUT2D eigenvalue weighted by molar-refractivity contribution is 6.03. The van der Waals surface area contributed by atoms with E-state index in [1.165, 1.54) is 0 Å². The number of piperidine rings is 1. The molecule has 1 N–H and O–H groups in total. The Bertz CT molecular complexity index is 882. The summed E-state index contributed by atoms with van der Waals surface area (Å²) in [6, 6.07) is 17.8. The zero-order valence-electron chi connectivity index (χ0n) is 17.4. The third-order valence-corrected chi connectivity index (χ3v) is 5.99. The molecule has 30 heavy (non-hydrogen) atoms. The lowest BCUT2D eigenvalue weighted by Gasteiger charge is -2.32. The fraction of sp³-hybridized carbons (Fsp3) is 0.417. The van der Waals surface area contributed by atoms with E-state index in [1.807, 2.05) is 54.6 Å². The van der Waals surface area contributed by atoms with Crippen molar-refractivity contribution in [1.29, 1.82) is 0 Å². The van der Waals surface area contributed by atoms with Gasteiger partial charge in [0.1, 0.15) is 5.75 Å². The molecule has 2 aromatic rings. The number of hydrogen-bond donors (Lipinski definition) is 1. The molecule has 0 aliphatic carbocycles. The molecule has 4 rings (SSSR count). The molecule has 2 heterocycles. The van der Waals surface area contributed by atoms with Gasteiger partial charge in [-0.3, -0.25) is 9.69 Å². The van der Waals surface area contributed by atoms with Crippen molar-refractivity contribution in [3.8, 4) is 5.75 Å². The number of hydrazone groups is 1. The predicted molar refractivity (Wildman–Crippen MR) is 116 cm³/mol. The van der Waals surface area contributed by atoms with Gasteiger partial charge in [0, 0.05) is 19.6 Å². The van der Waals surface area contributed by atoms with Crippen LogP contribution in [0.4, 0.5) is 0 Å². The molecular formula is C24H29N3O3. The zero-order valence-corrected chi connectivity index (χ0v) is 17.4. The van der Waals surface area contributed by atoms with Crippen LogP contribution in [0.5, 0.6) is 5.75 Å². The number of amides is 1. The third kappa shape index (κ3) is 4.55. The van der Waals surface area contributed by atoms with Gasteiger partial charge in [-0.25, -0.2) is 5.01 Å². The smallest absolute Gasteiger partial charge is 0.257 e. The van der Waals surface area contributed by atoms with Crippen molar-refractivity contribution in [3.05, 3.63) is 65.7 Å². The van der Waals surface area contributed by atoms with E-state index in [4.69, 9.17) is 9.84 Å². The van der Waals surface area contributed by atoms with Crippen LogP contribution in [0.25, 0.3) is 0 Å². The molecule has 2 aromatic carbocycles. The van der Waals surface area contributed by atoms with E-state index in [0.29, 0.717) is 13.0 Å². The number of carbonyl (C=O) groups is 1. The number of hydrogen-bond acceptors (Lipinski definition) is 5. The lowest BCUT2D eigenvalue weighted by atomic mass is 9.98. The summed E-state index contributed by atoms with van der Waals surface area (Å²) in [6.07, 6.45) is 2.72. The second-order valence-corrected chi connectivity index (χ2v) is 8.07. The number of methoxy groups -OCH3 is 1. The van der Waals surface area contributed by atoms with E-state index in [1.54, 1.807) is 12.1 Å². The summed E-state index contributed by atoms with van der Waals surface area (Å²) in [7, 11) is 1.65. The minimum Gasteiger partial charge on any atom is -0.497 e. The number of ether oxygens (including phenoxy) is 1. The van der Waals surface area contributed by atoms with Crippen molar-refractivity contribution in [2.24, 2.45) is 11.0 Å². The van der Waals surface area contributed by atoms with Crippen molar-refractivity contribution in [1.82, 2.24) is 9.91 Å². The van der Waals surface area contributed by atoms with Crippen molar-refractivity contribution in [2.75, 3.05) is 33.4 Å². The maximum atomic E-state index is 13.3. The Labute approximate surface area is 177 Å². The molecule has 2 aliphatic rings. The topological polar surface area (TPSA) is 65.4 Å². The number of rotatable bonds is 6. The van der Waals surface area contributed by atoms with Crippen LogP contribution >= 0.6 is 0 Å². The molecule has 0 saturated carbocycles. The minimum atomic E-state index is -0.128. The fourth-order valence-electron chi connectivity index (χ4n) is 4.34. The van der Waals surface area contributed by atoms with E-state index in [0.717, 1.165) is 48.5 Å². The van der Waals surface area contributed by atoms with Crippen LogP contribution in [-0.4, -0.2) is 60.0 Å². The highest BCUT2D eigenvalue weighted by atomic mass is 16.5. The number of aliphatic hydroxyl groups excluding tert-OH is 1. The quantitative estimate of drug-likeness (QED) is 0.799. The second kappa shape index (κ2) is 9.41. The Morgan fingerprint density at radius 3 is 2.63 bits per heavy atom. The summed E-state index contributed by atoms with van der Waals surface area (Å²) in [5.74, 6) is 1.05. The maximum absolute atomic E-state index is 13.3. The largest absolute Gasteiger partial charge is 0.497 e. The molecule has 0 aromatic heterocycles. The van der Waals surface area contributed by atoms with Crippen LogP contribution in [-0.2, 0) is 4.79 Å². The van der Waals surface area contributed by atoms with Gasteiger partial charge in [0.25, 0.3) is 5.91 Å². The Balaban J connectivity index is 1.56. The van der Waals surface area contributed by atoms with Crippen molar-refractivity contribution in [3.63, 3.8) is 0 Å². The number of likely N-dealkylation sites (tertiary alicyclic amines) is 1. The Kier molecular flexibility index (Phi) is 6.45. The summed E-state index contributed by atoms with van der Waals surface area (Å²) >= 11 is 0. The van der Waals surface area contributed by atoms with Crippen LogP contribution in [0.2, 0.25) is 0 Å². The van der Waals surface area contributed by atoms with E-state index >= 15 is 0 Å². The Morgan fingerprint density at radius 1 is 1.17 bits per heavy atom. The average molecular weight is 408 g/mol. The summed E-state index contributed by atoms with van der Waals surface area (Å²) in [4.78, 5) is 15.4. The molecule has 0 spiro atoms. The van der Waals surface area contributed by atoms with Crippen LogP contribution in [0, 0.1) is 5.92 Å². The molecule has 2 aliphatic heterocycles. The van der Waals surface area contributed by atoms with Gasteiger partial charge in [0.05, 0.1) is 25.4 Å². The third-order valence-electron chi connectivity index (χ3n) is 5.99. The number of benzene rings is 2. The van der Waals surface area contributed by atoms with E-state index in [2.05, 4.69) is 4.90 Å². The van der Waals surface area contributed by atoms with Crippen LogP contribution < -0.4 is 4.74 Å². The van der Waals surface area contributed by atoms with Gasteiger partial charge >= 0.3 is 0 Å². The molecule has 0 radical (unpaired) electrons. The molecule has 2 atom stereocenters. The lowest BCUT2D eigenvalue weighted by Crippen LogP contribution is -2.43. The first-order valence-corrected chi connectivity index (χ1v) is 10.6. The van der Waals surface area contributed by atoms with E-state index in [9.17, 15) is 9.90 Å². The molecular weight excluding hydrogens is 378 g/mol. The molecule has 1 amide bonds. The van der Waals surface area contributed by atoms with Gasteiger partial charge in [-0.1, -0.05) is 42.5 Å². The van der Waals surface area contributed by atoms with Gasteiger partial charge < -0.3 is 9.84 Å². The van der Waals surface area contributed by atoms with Gasteiger partial charge in [-0.15, -0.1) is 0 Å². The van der Waals surface area contributed by atoms with Crippen LogP contribution in [0.1, 0.15) is 36.4 Å². The van der Waals surface area contributed by atoms with Gasteiger partial charge in [0.15, 0.2) is 0 Å². The molecule has 158 valence electrons. The highest BCUT2D eigenvalue weighted by Gasteiger charge is 2.34. The number of nitrogens with zero attached hydrogens (tertiary/aromatic N) is 3. The van der Waals surface area contributed by atoms with Crippen LogP contribution in [0.15, 0.2) is 59.7 Å². The first kappa shape index (κ1) is 20.6. The molecule has 6 nitrogen and oxygen atoms in total. The van der Waals surface area contributed by atoms with Crippen molar-refractivity contribution < 1.29 is 14.6 Å². The molecule has 1 fully saturated rings. The Hall–Kier alpha value is -2.70. The summed E-state index contributed by atoms with van der Waals surface area (Å²) in [5, 5.41) is 15.9. The molecule has 6 heteroatoms. The zero-order chi connectivity index (χ0) is 20.9. The SMILES string of the molecule is COc1ccc(C2CC(c3ccccc3)=NN2C(=O)CN2CCCC(CO)C2)cc1. The lowest BCUT2D eigenvalue weighted by molar-refractivity contribution is -0.134. The molecule has 0 bridgehead atoms. The van der Waals surface area contributed by atoms with Gasteiger partial charge in [0.2, 0.25) is 0 Å². The van der Waals surface area contributed by atoms with Crippen LogP contribution in [0.3, 0.4) is 0 Å². The summed E-state index contributed by atoms with van der Waals surface area (Å²) in [5.41, 5.74) is 3.02. The first-order valence-electron chi connectivity index (χ1n) is 10.6. The number of aliphatic hydroxyl groups is 1. The van der Waals surface area contributed by atoms with Gasteiger partial charge in [-0.2, -0.15) is 5.10 Å². The Morgan fingerprint density at radius 2 is 1.93 bits per heavy atom. The number of carbonyl (C=O) groups excluding carboxylic acids is 1. The standard InChI is InChI=1S/C24H29N3O3/c1-30-21-11-9-20(10-12-21)23-14-22(19-7-3-2-4-8-19)25-27(23)24(29)16-26-13-5-6-18(15-26)17-28/h2-4,7-12,18,23,28H,5-6,13-17H2,1H3. The van der Waals surface area contributed by atoms with E-state index in [-0.39, 0.29) is 24.5 Å². The first-order chi connectivity index (χ1) is 14.7.